The summed E-state index contributed by atoms with van der Waals surface area (Å²) in [4.78, 5) is 44.6. The normalized spacial score (nSPS) is 33.9. The third-order valence-electron chi connectivity index (χ3n) is 5.46. The number of amides is 3. The third-order valence-corrected chi connectivity index (χ3v) is 9.72. The first-order chi connectivity index (χ1) is 13.8. The van der Waals surface area contributed by atoms with Crippen LogP contribution in [0.2, 0.25) is 0 Å². The van der Waals surface area contributed by atoms with Crippen LogP contribution < -0.4 is 5.43 Å². The molecule has 1 aliphatic heterocycles. The molecule has 3 amide bonds. The molecule has 158 valence electrons. The standard InChI is InChI=1S/C16H7Cl6N3O5/c17-9-10(18)15(20)8-7(14(9,19)16(15,21)22)12(27)24(13(8)28)23-11(26)5-1-3-6(4-2-5)25(29)30/h1-4,7-8H,(H,23,26)/t7-,8-,14+,15+/m0/s1. The molecule has 8 nitrogen and oxygen atoms in total. The number of nitrogens with zero attached hydrogens (tertiary/aromatic N) is 2. The van der Waals surface area contributed by atoms with E-state index in [0.717, 1.165) is 24.3 Å². The van der Waals surface area contributed by atoms with Gasteiger partial charge in [0.25, 0.3) is 23.4 Å². The number of allylic oxidation sites excluding steroid dienone is 2. The molecule has 0 aromatic heterocycles. The Morgan fingerprint density at radius 3 is 1.80 bits per heavy atom. The predicted octanol–water partition coefficient (Wildman–Crippen LogP) is 3.69. The second-order valence-electron chi connectivity index (χ2n) is 6.84. The summed E-state index contributed by atoms with van der Waals surface area (Å²) in [5.41, 5.74) is 1.87. The minimum absolute atomic E-state index is 0.0411. The molecule has 2 bridgehead atoms. The lowest BCUT2D eigenvalue weighted by atomic mass is 9.84. The molecule has 3 aliphatic rings. The molecule has 1 N–H and O–H groups in total. The summed E-state index contributed by atoms with van der Waals surface area (Å²) < 4.78 is -2.08. The fraction of sp³-hybridized carbons (Fsp3) is 0.312. The van der Waals surface area contributed by atoms with Gasteiger partial charge in [0.2, 0.25) is 0 Å². The summed E-state index contributed by atoms with van der Waals surface area (Å²) in [7, 11) is 0. The molecule has 4 rings (SSSR count). The van der Waals surface area contributed by atoms with Crippen molar-refractivity contribution in [3.8, 4) is 0 Å². The Kier molecular flexibility index (Phi) is 4.83. The zero-order valence-electron chi connectivity index (χ0n) is 14.2. The van der Waals surface area contributed by atoms with Crippen LogP contribution in [0.15, 0.2) is 34.3 Å². The summed E-state index contributed by atoms with van der Waals surface area (Å²) in [6.07, 6.45) is 0. The van der Waals surface area contributed by atoms with E-state index in [0.29, 0.717) is 5.01 Å². The van der Waals surface area contributed by atoms with E-state index < -0.39 is 48.6 Å². The molecule has 1 aromatic carbocycles. The van der Waals surface area contributed by atoms with Crippen LogP contribution in [-0.4, -0.2) is 41.7 Å². The topological polar surface area (TPSA) is 110 Å². The number of carbonyl (C=O) groups excluding carboxylic acids is 3. The number of benzene rings is 1. The van der Waals surface area contributed by atoms with Crippen LogP contribution in [0.5, 0.6) is 0 Å². The zero-order chi connectivity index (χ0) is 22.4. The Labute approximate surface area is 198 Å². The van der Waals surface area contributed by atoms with Gasteiger partial charge in [-0.1, -0.05) is 46.4 Å². The quantitative estimate of drug-likeness (QED) is 0.276. The second-order valence-corrected chi connectivity index (χ2v) is 10.1. The summed E-state index contributed by atoms with van der Waals surface area (Å²) in [5.74, 6) is -5.49. The third kappa shape index (κ3) is 2.35. The van der Waals surface area contributed by atoms with Gasteiger partial charge >= 0.3 is 0 Å². The van der Waals surface area contributed by atoms with Crippen molar-refractivity contribution in [2.75, 3.05) is 0 Å². The van der Waals surface area contributed by atoms with Crippen LogP contribution in [0.1, 0.15) is 10.4 Å². The van der Waals surface area contributed by atoms with Crippen molar-refractivity contribution in [1.29, 1.82) is 0 Å². The summed E-state index contributed by atoms with van der Waals surface area (Å²) in [5, 5.41) is 10.7. The molecule has 4 atom stereocenters. The largest absolute Gasteiger partial charge is 0.272 e. The van der Waals surface area contributed by atoms with Gasteiger partial charge in [-0.05, 0) is 12.1 Å². The summed E-state index contributed by atoms with van der Waals surface area (Å²) in [6.45, 7) is 0. The number of non-ortho nitro benzene ring substituents is 1. The maximum absolute atomic E-state index is 13.0. The van der Waals surface area contributed by atoms with Crippen LogP contribution >= 0.6 is 69.6 Å². The van der Waals surface area contributed by atoms with E-state index in [-0.39, 0.29) is 21.3 Å². The molecule has 0 spiro atoms. The first kappa shape index (κ1) is 21.9. The molecule has 1 saturated heterocycles. The molecule has 0 unspecified atom stereocenters. The number of alkyl halides is 4. The van der Waals surface area contributed by atoms with Crippen molar-refractivity contribution in [3.05, 3.63) is 50.0 Å². The van der Waals surface area contributed by atoms with Crippen LogP contribution in [0.25, 0.3) is 0 Å². The SMILES string of the molecule is O=C(NN1C(=O)[C@@H]2[C@@H](C1=O)[C@@]1(Cl)C(Cl)=C(Cl)[C@@]2(Cl)C1(Cl)Cl)c1ccc([N+](=O)[O-])cc1. The lowest BCUT2D eigenvalue weighted by Crippen LogP contribution is -2.54. The van der Waals surface area contributed by atoms with E-state index >= 15 is 0 Å². The molecular formula is C16H7Cl6N3O5. The number of carbonyl (C=O) groups is 3. The first-order valence-electron chi connectivity index (χ1n) is 8.07. The lowest BCUT2D eigenvalue weighted by molar-refractivity contribution is -0.384. The predicted molar refractivity (Wildman–Crippen MR) is 110 cm³/mol. The number of imide groups is 1. The Morgan fingerprint density at radius 2 is 1.40 bits per heavy atom. The molecule has 1 saturated carbocycles. The molecule has 30 heavy (non-hydrogen) atoms. The number of fused-ring (bicyclic) bond motifs is 5. The number of hydrazine groups is 1. The van der Waals surface area contributed by atoms with Crippen LogP contribution in [0.3, 0.4) is 0 Å². The first-order valence-corrected chi connectivity index (χ1v) is 10.3. The molecular weight excluding hydrogens is 527 g/mol. The van der Waals surface area contributed by atoms with E-state index in [1.165, 1.54) is 0 Å². The van der Waals surface area contributed by atoms with Crippen LogP contribution in [-0.2, 0) is 9.59 Å². The van der Waals surface area contributed by atoms with Crippen LogP contribution in [0, 0.1) is 22.0 Å². The van der Waals surface area contributed by atoms with Crippen molar-refractivity contribution in [3.63, 3.8) is 0 Å². The number of rotatable bonds is 3. The molecule has 1 aromatic rings. The fourth-order valence-electron chi connectivity index (χ4n) is 4.01. The van der Waals surface area contributed by atoms with Crippen molar-refractivity contribution in [2.45, 2.75) is 14.1 Å². The number of nitro groups is 1. The molecule has 2 fully saturated rings. The Balaban J connectivity index is 1.66. The zero-order valence-corrected chi connectivity index (χ0v) is 18.7. The van der Waals surface area contributed by atoms with Gasteiger partial charge < -0.3 is 0 Å². The number of halogens is 6. The monoisotopic (exact) mass is 531 g/mol. The number of hydrogen-bond donors (Lipinski definition) is 1. The number of hydrogen-bond acceptors (Lipinski definition) is 5. The van der Waals surface area contributed by atoms with Gasteiger partial charge in [-0.25, -0.2) is 0 Å². The van der Waals surface area contributed by atoms with Gasteiger partial charge in [0, 0.05) is 17.7 Å². The van der Waals surface area contributed by atoms with Crippen molar-refractivity contribution in [1.82, 2.24) is 10.4 Å². The minimum atomic E-state index is -2.08. The van der Waals surface area contributed by atoms with Crippen LogP contribution in [0.4, 0.5) is 5.69 Å². The minimum Gasteiger partial charge on any atom is -0.272 e. The maximum Gasteiger partial charge on any atom is 0.270 e. The Morgan fingerprint density at radius 1 is 0.967 bits per heavy atom. The van der Waals surface area contributed by atoms with E-state index in [9.17, 15) is 24.5 Å². The van der Waals surface area contributed by atoms with Crippen molar-refractivity contribution in [2.24, 2.45) is 11.8 Å². The lowest BCUT2D eigenvalue weighted by Gasteiger charge is -2.34. The van der Waals surface area contributed by atoms with Gasteiger partial charge in [0.05, 0.1) is 26.8 Å². The maximum atomic E-state index is 13.0. The second kappa shape index (κ2) is 6.60. The van der Waals surface area contributed by atoms with E-state index in [2.05, 4.69) is 5.43 Å². The van der Waals surface area contributed by atoms with Gasteiger partial charge in [-0.2, -0.15) is 5.01 Å². The molecule has 1 heterocycles. The van der Waals surface area contributed by atoms with Crippen molar-refractivity contribution < 1.29 is 19.3 Å². The molecule has 0 radical (unpaired) electrons. The van der Waals surface area contributed by atoms with E-state index in [1.54, 1.807) is 0 Å². The summed E-state index contributed by atoms with van der Waals surface area (Å²) >= 11 is 38.2. The van der Waals surface area contributed by atoms with E-state index in [1.807, 2.05) is 0 Å². The Bertz CT molecular complexity index is 1030. The fourth-order valence-corrected chi connectivity index (χ4v) is 6.93. The highest BCUT2D eigenvalue weighted by atomic mass is 35.5. The van der Waals surface area contributed by atoms with E-state index in [4.69, 9.17) is 69.6 Å². The molecule has 2 aliphatic carbocycles. The molecule has 14 heteroatoms. The van der Waals surface area contributed by atoms with Gasteiger partial charge in [0.15, 0.2) is 4.33 Å². The number of nitrogens with one attached hydrogen (secondary N) is 1. The average Bonchev–Trinajstić information content (AvgIpc) is 3.07. The average molecular weight is 534 g/mol. The van der Waals surface area contributed by atoms with Gasteiger partial charge in [-0.15, -0.1) is 23.2 Å². The van der Waals surface area contributed by atoms with Gasteiger partial charge in [0.1, 0.15) is 9.75 Å². The highest BCUT2D eigenvalue weighted by Gasteiger charge is 2.87. The van der Waals surface area contributed by atoms with Gasteiger partial charge in [-0.3, -0.25) is 29.9 Å². The van der Waals surface area contributed by atoms with Crippen molar-refractivity contribution >= 4 is 93.0 Å². The summed E-state index contributed by atoms with van der Waals surface area (Å²) in [6, 6.07) is 4.51. The smallest absolute Gasteiger partial charge is 0.270 e. The Hall–Kier alpha value is -1.29. The highest BCUT2D eigenvalue weighted by molar-refractivity contribution is 6.66. The highest BCUT2D eigenvalue weighted by Crippen LogP contribution is 2.77. The number of nitro benzene ring substituents is 1.